The molecule has 1 rings (SSSR count). The quantitative estimate of drug-likeness (QED) is 0.817. The number of hydrogen-bond donors (Lipinski definition) is 1. The van der Waals surface area contributed by atoms with Gasteiger partial charge in [-0.15, -0.1) is 0 Å². The SMILES string of the molecule is CC(C)CN(C(C)C)C1CC(C)(C)CCC1N. The Morgan fingerprint density at radius 1 is 1.24 bits per heavy atom. The Labute approximate surface area is 108 Å². The van der Waals surface area contributed by atoms with E-state index in [2.05, 4.69) is 46.4 Å². The van der Waals surface area contributed by atoms with E-state index in [0.29, 0.717) is 23.5 Å². The summed E-state index contributed by atoms with van der Waals surface area (Å²) >= 11 is 0. The molecule has 0 aliphatic heterocycles. The third-order valence-corrected chi connectivity index (χ3v) is 4.08. The van der Waals surface area contributed by atoms with E-state index < -0.39 is 0 Å². The fourth-order valence-electron chi connectivity index (χ4n) is 3.08. The number of nitrogens with two attached hydrogens (primary N) is 1. The van der Waals surface area contributed by atoms with Crippen LogP contribution >= 0.6 is 0 Å². The molecule has 1 aliphatic rings. The van der Waals surface area contributed by atoms with Gasteiger partial charge in [0.1, 0.15) is 0 Å². The molecule has 0 aromatic carbocycles. The Hall–Kier alpha value is -0.0800. The normalized spacial score (nSPS) is 29.3. The lowest BCUT2D eigenvalue weighted by Gasteiger charge is -2.47. The van der Waals surface area contributed by atoms with E-state index in [1.807, 2.05) is 0 Å². The number of rotatable bonds is 4. The first-order valence-corrected chi connectivity index (χ1v) is 7.24. The maximum atomic E-state index is 6.37. The molecule has 0 saturated heterocycles. The zero-order valence-electron chi connectivity index (χ0n) is 12.7. The van der Waals surface area contributed by atoms with E-state index in [1.54, 1.807) is 0 Å². The monoisotopic (exact) mass is 240 g/mol. The Morgan fingerprint density at radius 3 is 2.29 bits per heavy atom. The van der Waals surface area contributed by atoms with Crippen molar-refractivity contribution in [3.8, 4) is 0 Å². The van der Waals surface area contributed by atoms with Gasteiger partial charge in [0.15, 0.2) is 0 Å². The van der Waals surface area contributed by atoms with Crippen molar-refractivity contribution < 1.29 is 0 Å². The van der Waals surface area contributed by atoms with Gasteiger partial charge in [0, 0.05) is 24.7 Å². The van der Waals surface area contributed by atoms with Crippen molar-refractivity contribution in [3.63, 3.8) is 0 Å². The van der Waals surface area contributed by atoms with Crippen LogP contribution in [-0.2, 0) is 0 Å². The summed E-state index contributed by atoms with van der Waals surface area (Å²) < 4.78 is 0. The van der Waals surface area contributed by atoms with Crippen LogP contribution in [-0.4, -0.2) is 29.6 Å². The lowest BCUT2D eigenvalue weighted by molar-refractivity contribution is 0.0478. The predicted octanol–water partition coefficient (Wildman–Crippen LogP) is 3.26. The molecule has 2 heteroatoms. The molecule has 1 fully saturated rings. The van der Waals surface area contributed by atoms with Crippen LogP contribution in [0.1, 0.15) is 60.8 Å². The van der Waals surface area contributed by atoms with Gasteiger partial charge in [0.25, 0.3) is 0 Å². The summed E-state index contributed by atoms with van der Waals surface area (Å²) in [7, 11) is 0. The van der Waals surface area contributed by atoms with Crippen molar-refractivity contribution in [1.29, 1.82) is 0 Å². The van der Waals surface area contributed by atoms with Gasteiger partial charge >= 0.3 is 0 Å². The molecule has 0 bridgehead atoms. The Balaban J connectivity index is 2.76. The first-order chi connectivity index (χ1) is 7.73. The van der Waals surface area contributed by atoms with Crippen LogP contribution in [0.25, 0.3) is 0 Å². The molecule has 0 spiro atoms. The second-order valence-corrected chi connectivity index (χ2v) is 7.32. The van der Waals surface area contributed by atoms with Gasteiger partial charge in [0.2, 0.25) is 0 Å². The Kier molecular flexibility index (Phi) is 5.03. The number of nitrogens with zero attached hydrogens (tertiary/aromatic N) is 1. The fraction of sp³-hybridized carbons (Fsp3) is 1.00. The van der Waals surface area contributed by atoms with Gasteiger partial charge in [-0.3, -0.25) is 4.90 Å². The molecule has 0 heterocycles. The van der Waals surface area contributed by atoms with Crippen molar-refractivity contribution in [3.05, 3.63) is 0 Å². The van der Waals surface area contributed by atoms with Gasteiger partial charge in [-0.25, -0.2) is 0 Å². The van der Waals surface area contributed by atoms with Crippen LogP contribution in [0.2, 0.25) is 0 Å². The van der Waals surface area contributed by atoms with Gasteiger partial charge in [-0.2, -0.15) is 0 Å². The van der Waals surface area contributed by atoms with E-state index in [-0.39, 0.29) is 0 Å². The minimum Gasteiger partial charge on any atom is -0.326 e. The van der Waals surface area contributed by atoms with Gasteiger partial charge in [0.05, 0.1) is 0 Å². The van der Waals surface area contributed by atoms with E-state index in [4.69, 9.17) is 5.73 Å². The van der Waals surface area contributed by atoms with Gasteiger partial charge in [-0.1, -0.05) is 27.7 Å². The van der Waals surface area contributed by atoms with E-state index in [9.17, 15) is 0 Å². The largest absolute Gasteiger partial charge is 0.326 e. The average Bonchev–Trinajstić information content (AvgIpc) is 2.18. The Bertz CT molecular complexity index is 233. The molecule has 0 amide bonds. The van der Waals surface area contributed by atoms with Crippen LogP contribution in [0.4, 0.5) is 0 Å². The first kappa shape index (κ1) is 15.0. The van der Waals surface area contributed by atoms with Crippen LogP contribution in [0.3, 0.4) is 0 Å². The second kappa shape index (κ2) is 5.71. The summed E-state index contributed by atoms with van der Waals surface area (Å²) in [6.45, 7) is 15.2. The molecular weight excluding hydrogens is 208 g/mol. The summed E-state index contributed by atoms with van der Waals surface area (Å²) in [4.78, 5) is 2.64. The van der Waals surface area contributed by atoms with Crippen molar-refractivity contribution in [1.82, 2.24) is 4.90 Å². The summed E-state index contributed by atoms with van der Waals surface area (Å²) in [5.74, 6) is 0.717. The van der Waals surface area contributed by atoms with Gasteiger partial charge < -0.3 is 5.73 Å². The van der Waals surface area contributed by atoms with Crippen LogP contribution < -0.4 is 5.73 Å². The maximum absolute atomic E-state index is 6.37. The highest BCUT2D eigenvalue weighted by Crippen LogP contribution is 2.37. The lowest BCUT2D eigenvalue weighted by Crippen LogP contribution is -2.55. The summed E-state index contributed by atoms with van der Waals surface area (Å²) in [5, 5.41) is 0. The fourth-order valence-corrected chi connectivity index (χ4v) is 3.08. The summed E-state index contributed by atoms with van der Waals surface area (Å²) in [6, 6.07) is 1.53. The second-order valence-electron chi connectivity index (χ2n) is 7.32. The standard InChI is InChI=1S/C15H32N2/c1-11(2)10-17(12(3)4)14-9-15(5,6)8-7-13(14)16/h11-14H,7-10,16H2,1-6H3. The molecule has 0 radical (unpaired) electrons. The molecule has 0 aromatic heterocycles. The zero-order chi connectivity index (χ0) is 13.2. The lowest BCUT2D eigenvalue weighted by atomic mass is 9.72. The minimum absolute atomic E-state index is 0.365. The molecule has 2 nitrogen and oxygen atoms in total. The van der Waals surface area contributed by atoms with Crippen molar-refractivity contribution >= 4 is 0 Å². The molecule has 1 saturated carbocycles. The molecule has 2 atom stereocenters. The van der Waals surface area contributed by atoms with E-state index in [0.717, 1.165) is 5.92 Å². The number of hydrogen-bond acceptors (Lipinski definition) is 2. The molecule has 2 N–H and O–H groups in total. The smallest absolute Gasteiger partial charge is 0.0255 e. The predicted molar refractivity (Wildman–Crippen MR) is 76.1 cm³/mol. The van der Waals surface area contributed by atoms with Crippen LogP contribution in [0.5, 0.6) is 0 Å². The van der Waals surface area contributed by atoms with Gasteiger partial charge in [-0.05, 0) is 44.4 Å². The highest BCUT2D eigenvalue weighted by Gasteiger charge is 2.37. The summed E-state index contributed by atoms with van der Waals surface area (Å²) in [5.41, 5.74) is 6.84. The van der Waals surface area contributed by atoms with Crippen molar-refractivity contribution in [2.24, 2.45) is 17.1 Å². The van der Waals surface area contributed by atoms with Crippen molar-refractivity contribution in [2.45, 2.75) is 78.9 Å². The van der Waals surface area contributed by atoms with Crippen LogP contribution in [0.15, 0.2) is 0 Å². The van der Waals surface area contributed by atoms with E-state index in [1.165, 1.54) is 25.8 Å². The third kappa shape index (κ3) is 4.26. The molecular formula is C15H32N2. The average molecular weight is 240 g/mol. The maximum Gasteiger partial charge on any atom is 0.0255 e. The molecule has 0 aromatic rings. The molecule has 102 valence electrons. The zero-order valence-corrected chi connectivity index (χ0v) is 12.7. The van der Waals surface area contributed by atoms with Crippen molar-refractivity contribution in [2.75, 3.05) is 6.54 Å². The highest BCUT2D eigenvalue weighted by atomic mass is 15.2. The highest BCUT2D eigenvalue weighted by molar-refractivity contribution is 4.94. The minimum atomic E-state index is 0.365. The molecule has 2 unspecified atom stereocenters. The molecule has 17 heavy (non-hydrogen) atoms. The summed E-state index contributed by atoms with van der Waals surface area (Å²) in [6.07, 6.45) is 3.70. The Morgan fingerprint density at radius 2 is 1.82 bits per heavy atom. The topological polar surface area (TPSA) is 29.3 Å². The van der Waals surface area contributed by atoms with Crippen LogP contribution in [0, 0.1) is 11.3 Å². The third-order valence-electron chi connectivity index (χ3n) is 4.08. The molecule has 1 aliphatic carbocycles. The first-order valence-electron chi connectivity index (χ1n) is 7.24. The van der Waals surface area contributed by atoms with E-state index >= 15 is 0 Å².